The van der Waals surface area contributed by atoms with Gasteiger partial charge in [0.05, 0.1) is 12.8 Å². The summed E-state index contributed by atoms with van der Waals surface area (Å²) in [5.41, 5.74) is 1.83. The molecule has 0 aromatic heterocycles. The molecule has 98 valence electrons. The molecule has 0 radical (unpaired) electrons. The summed E-state index contributed by atoms with van der Waals surface area (Å²) in [4.78, 5) is 12.1. The van der Waals surface area contributed by atoms with Gasteiger partial charge in [0.1, 0.15) is 11.5 Å². The van der Waals surface area contributed by atoms with Gasteiger partial charge in [0.2, 0.25) is 0 Å². The fourth-order valence-corrected chi connectivity index (χ4v) is 1.71. The van der Waals surface area contributed by atoms with Crippen molar-refractivity contribution < 1.29 is 14.6 Å². The van der Waals surface area contributed by atoms with Gasteiger partial charge in [0.25, 0.3) is 5.91 Å². The molecular weight excluding hydrogens is 242 g/mol. The Labute approximate surface area is 111 Å². The molecule has 2 rings (SSSR count). The molecule has 4 nitrogen and oxygen atoms in total. The highest BCUT2D eigenvalue weighted by atomic mass is 16.5. The van der Waals surface area contributed by atoms with Crippen LogP contribution in [-0.4, -0.2) is 18.1 Å². The van der Waals surface area contributed by atoms with E-state index in [2.05, 4.69) is 5.32 Å². The smallest absolute Gasteiger partial charge is 0.255 e. The number of methoxy groups -OCH3 is 1. The second-order valence-electron chi connectivity index (χ2n) is 4.21. The number of hydrogen-bond acceptors (Lipinski definition) is 3. The van der Waals surface area contributed by atoms with E-state index < -0.39 is 0 Å². The van der Waals surface area contributed by atoms with Crippen LogP contribution in [0.4, 0.5) is 5.69 Å². The standard InChI is InChI=1S/C15H15NO3/c1-10-6-7-14(17)13(8-10)16-15(18)11-4-3-5-12(9-11)19-2/h3-9,17H,1-2H3,(H,16,18). The minimum atomic E-state index is -0.292. The van der Waals surface area contributed by atoms with E-state index in [1.165, 1.54) is 0 Å². The Hall–Kier alpha value is -2.49. The summed E-state index contributed by atoms with van der Waals surface area (Å²) in [5.74, 6) is 0.364. The summed E-state index contributed by atoms with van der Waals surface area (Å²) < 4.78 is 5.07. The van der Waals surface area contributed by atoms with Crippen molar-refractivity contribution in [2.45, 2.75) is 6.92 Å². The van der Waals surface area contributed by atoms with Crippen LogP contribution in [0, 0.1) is 6.92 Å². The lowest BCUT2D eigenvalue weighted by molar-refractivity contribution is 0.102. The zero-order valence-electron chi connectivity index (χ0n) is 10.8. The fourth-order valence-electron chi connectivity index (χ4n) is 1.71. The van der Waals surface area contributed by atoms with Crippen LogP contribution < -0.4 is 10.1 Å². The second-order valence-corrected chi connectivity index (χ2v) is 4.21. The number of phenols is 1. The molecule has 4 heteroatoms. The lowest BCUT2D eigenvalue weighted by Crippen LogP contribution is -2.12. The predicted octanol–water partition coefficient (Wildman–Crippen LogP) is 2.96. The molecule has 0 spiro atoms. The van der Waals surface area contributed by atoms with E-state index in [4.69, 9.17) is 4.74 Å². The van der Waals surface area contributed by atoms with E-state index >= 15 is 0 Å². The van der Waals surface area contributed by atoms with Crippen molar-refractivity contribution in [2.75, 3.05) is 12.4 Å². The molecule has 0 atom stereocenters. The SMILES string of the molecule is COc1cccc(C(=O)Nc2cc(C)ccc2O)c1. The number of benzene rings is 2. The monoisotopic (exact) mass is 257 g/mol. The molecular formula is C15H15NO3. The van der Waals surface area contributed by atoms with Gasteiger partial charge in [-0.2, -0.15) is 0 Å². The molecule has 2 N–H and O–H groups in total. The van der Waals surface area contributed by atoms with Crippen molar-refractivity contribution in [1.82, 2.24) is 0 Å². The third-order valence-electron chi connectivity index (χ3n) is 2.73. The number of ether oxygens (including phenoxy) is 1. The van der Waals surface area contributed by atoms with Crippen molar-refractivity contribution in [3.05, 3.63) is 53.6 Å². The Morgan fingerprint density at radius 2 is 2.00 bits per heavy atom. The van der Waals surface area contributed by atoms with Gasteiger partial charge in [0.15, 0.2) is 0 Å². The van der Waals surface area contributed by atoms with Crippen LogP contribution in [0.5, 0.6) is 11.5 Å². The van der Waals surface area contributed by atoms with E-state index in [-0.39, 0.29) is 11.7 Å². The van der Waals surface area contributed by atoms with E-state index in [1.54, 1.807) is 49.6 Å². The third-order valence-corrected chi connectivity index (χ3v) is 2.73. The van der Waals surface area contributed by atoms with Crippen molar-refractivity contribution in [3.63, 3.8) is 0 Å². The number of aryl methyl sites for hydroxylation is 1. The lowest BCUT2D eigenvalue weighted by atomic mass is 10.1. The molecule has 2 aromatic carbocycles. The minimum Gasteiger partial charge on any atom is -0.506 e. The van der Waals surface area contributed by atoms with Crippen molar-refractivity contribution in [3.8, 4) is 11.5 Å². The summed E-state index contributed by atoms with van der Waals surface area (Å²) in [7, 11) is 1.55. The maximum Gasteiger partial charge on any atom is 0.255 e. The number of aromatic hydroxyl groups is 1. The first-order chi connectivity index (χ1) is 9.10. The number of amides is 1. The summed E-state index contributed by atoms with van der Waals surface area (Å²) >= 11 is 0. The van der Waals surface area contributed by atoms with Crippen LogP contribution in [0.3, 0.4) is 0 Å². The maximum absolute atomic E-state index is 12.1. The Balaban J connectivity index is 2.22. The van der Waals surface area contributed by atoms with Gasteiger partial charge in [-0.25, -0.2) is 0 Å². The first-order valence-electron chi connectivity index (χ1n) is 5.85. The zero-order chi connectivity index (χ0) is 13.8. The number of carbonyl (C=O) groups is 1. The van der Waals surface area contributed by atoms with Gasteiger partial charge in [-0.1, -0.05) is 12.1 Å². The predicted molar refractivity (Wildman–Crippen MR) is 73.8 cm³/mol. The van der Waals surface area contributed by atoms with Gasteiger partial charge in [-0.15, -0.1) is 0 Å². The average Bonchev–Trinajstić information content (AvgIpc) is 2.43. The Kier molecular flexibility index (Phi) is 3.71. The number of anilines is 1. The fraction of sp³-hybridized carbons (Fsp3) is 0.133. The summed E-state index contributed by atoms with van der Waals surface area (Å²) in [6.07, 6.45) is 0. The minimum absolute atomic E-state index is 0.0434. The molecule has 1 amide bonds. The molecule has 0 saturated carbocycles. The van der Waals surface area contributed by atoms with Crippen LogP contribution in [0.15, 0.2) is 42.5 Å². The number of nitrogens with one attached hydrogen (secondary N) is 1. The van der Waals surface area contributed by atoms with E-state index in [1.807, 2.05) is 6.92 Å². The van der Waals surface area contributed by atoms with Gasteiger partial charge in [-0.05, 0) is 42.8 Å². The Morgan fingerprint density at radius 3 is 2.74 bits per heavy atom. The molecule has 0 heterocycles. The second kappa shape index (κ2) is 5.44. The van der Waals surface area contributed by atoms with Crippen molar-refractivity contribution in [1.29, 1.82) is 0 Å². The van der Waals surface area contributed by atoms with Crippen LogP contribution in [0.2, 0.25) is 0 Å². The average molecular weight is 257 g/mol. The topological polar surface area (TPSA) is 58.6 Å². The largest absolute Gasteiger partial charge is 0.506 e. The molecule has 0 unspecified atom stereocenters. The molecule has 0 aliphatic rings. The molecule has 0 aliphatic carbocycles. The van der Waals surface area contributed by atoms with Crippen LogP contribution in [-0.2, 0) is 0 Å². The third kappa shape index (κ3) is 3.04. The zero-order valence-corrected chi connectivity index (χ0v) is 10.8. The number of rotatable bonds is 3. The summed E-state index contributed by atoms with van der Waals surface area (Å²) in [6, 6.07) is 11.9. The van der Waals surface area contributed by atoms with Gasteiger partial charge in [0, 0.05) is 5.56 Å². The molecule has 0 aliphatic heterocycles. The molecule has 19 heavy (non-hydrogen) atoms. The highest BCUT2D eigenvalue weighted by molar-refractivity contribution is 6.05. The molecule has 0 saturated heterocycles. The van der Waals surface area contributed by atoms with Crippen LogP contribution in [0.1, 0.15) is 15.9 Å². The van der Waals surface area contributed by atoms with Gasteiger partial charge < -0.3 is 15.2 Å². The Bertz CT molecular complexity index is 608. The maximum atomic E-state index is 12.1. The molecule has 0 fully saturated rings. The number of hydrogen-bond donors (Lipinski definition) is 2. The quantitative estimate of drug-likeness (QED) is 0.831. The normalized spacial score (nSPS) is 10.0. The van der Waals surface area contributed by atoms with E-state index in [0.29, 0.717) is 17.0 Å². The van der Waals surface area contributed by atoms with Crippen molar-refractivity contribution in [2.24, 2.45) is 0 Å². The summed E-state index contributed by atoms with van der Waals surface area (Å²) in [6.45, 7) is 1.89. The number of phenolic OH excluding ortho intramolecular Hbond substituents is 1. The van der Waals surface area contributed by atoms with Crippen LogP contribution >= 0.6 is 0 Å². The molecule has 2 aromatic rings. The number of carbonyl (C=O) groups excluding carboxylic acids is 1. The van der Waals surface area contributed by atoms with Gasteiger partial charge >= 0.3 is 0 Å². The first-order valence-corrected chi connectivity index (χ1v) is 5.85. The van der Waals surface area contributed by atoms with E-state index in [9.17, 15) is 9.90 Å². The lowest BCUT2D eigenvalue weighted by Gasteiger charge is -2.09. The Morgan fingerprint density at radius 1 is 1.21 bits per heavy atom. The molecule has 0 bridgehead atoms. The van der Waals surface area contributed by atoms with Crippen LogP contribution in [0.25, 0.3) is 0 Å². The highest BCUT2D eigenvalue weighted by Gasteiger charge is 2.09. The van der Waals surface area contributed by atoms with E-state index in [0.717, 1.165) is 5.56 Å². The van der Waals surface area contributed by atoms with Crippen molar-refractivity contribution >= 4 is 11.6 Å². The first kappa shape index (κ1) is 13.0. The summed E-state index contributed by atoms with van der Waals surface area (Å²) in [5, 5.41) is 12.4. The van der Waals surface area contributed by atoms with Gasteiger partial charge in [-0.3, -0.25) is 4.79 Å². The highest BCUT2D eigenvalue weighted by Crippen LogP contribution is 2.24.